The number of benzene rings is 1. The van der Waals surface area contributed by atoms with Crippen LogP contribution in [0.1, 0.15) is 46.1 Å². The molecule has 29 heavy (non-hydrogen) atoms. The zero-order chi connectivity index (χ0) is 21.4. The fraction of sp³-hybridized carbons (Fsp3) is 0.609. The van der Waals surface area contributed by atoms with Crippen molar-refractivity contribution < 1.29 is 23.4 Å². The topological polar surface area (TPSA) is 54.0 Å². The number of carbonyl (C=O) groups is 1. The molecule has 0 bridgehead atoms. The van der Waals surface area contributed by atoms with E-state index in [-0.39, 0.29) is 29.6 Å². The molecule has 3 atom stereocenters. The van der Waals surface area contributed by atoms with Crippen LogP contribution < -0.4 is 9.47 Å². The van der Waals surface area contributed by atoms with Gasteiger partial charge in [-0.15, -0.1) is 0 Å². The first-order valence-electron chi connectivity index (χ1n) is 10.4. The monoisotopic (exact) mass is 418 g/mol. The number of fused-ring (bicyclic) bond motifs is 3. The lowest BCUT2D eigenvalue weighted by molar-refractivity contribution is -0.145. The SMILES string of the molecule is CCOC(=O)C[C@]12C=C[C@@H](O[Si](C)(C)C(C)(C)C)C[C@H]1Oc1c(OC)cccc12. The van der Waals surface area contributed by atoms with Crippen molar-refractivity contribution in [2.24, 2.45) is 0 Å². The lowest BCUT2D eigenvalue weighted by Gasteiger charge is -2.42. The third-order valence-corrected chi connectivity index (χ3v) is 11.1. The minimum atomic E-state index is -1.93. The lowest BCUT2D eigenvalue weighted by Crippen LogP contribution is -2.49. The van der Waals surface area contributed by atoms with Crippen molar-refractivity contribution in [3.63, 3.8) is 0 Å². The first-order valence-corrected chi connectivity index (χ1v) is 13.3. The van der Waals surface area contributed by atoms with Gasteiger partial charge in [-0.25, -0.2) is 0 Å². The molecule has 0 aromatic heterocycles. The van der Waals surface area contributed by atoms with E-state index in [0.29, 0.717) is 18.8 Å². The van der Waals surface area contributed by atoms with Gasteiger partial charge in [0.2, 0.25) is 0 Å². The molecule has 2 aliphatic rings. The second-order valence-corrected chi connectivity index (χ2v) is 14.2. The van der Waals surface area contributed by atoms with Crippen molar-refractivity contribution in [1.82, 2.24) is 0 Å². The van der Waals surface area contributed by atoms with Gasteiger partial charge >= 0.3 is 5.97 Å². The third-order valence-electron chi connectivity index (χ3n) is 6.58. The van der Waals surface area contributed by atoms with Crippen LogP contribution in [0.25, 0.3) is 0 Å². The number of rotatable bonds is 6. The van der Waals surface area contributed by atoms with Crippen LogP contribution in [-0.4, -0.2) is 40.2 Å². The third kappa shape index (κ3) is 3.97. The van der Waals surface area contributed by atoms with Gasteiger partial charge in [0.05, 0.1) is 31.7 Å². The summed E-state index contributed by atoms with van der Waals surface area (Å²) >= 11 is 0. The Morgan fingerprint density at radius 2 is 2.03 bits per heavy atom. The van der Waals surface area contributed by atoms with E-state index in [1.54, 1.807) is 7.11 Å². The van der Waals surface area contributed by atoms with E-state index in [9.17, 15) is 4.79 Å². The van der Waals surface area contributed by atoms with Gasteiger partial charge < -0.3 is 18.6 Å². The van der Waals surface area contributed by atoms with Crippen LogP contribution in [0.5, 0.6) is 11.5 Å². The predicted molar refractivity (Wildman–Crippen MR) is 116 cm³/mol. The van der Waals surface area contributed by atoms with E-state index in [1.165, 1.54) is 0 Å². The van der Waals surface area contributed by atoms with E-state index in [4.69, 9.17) is 18.6 Å². The fourth-order valence-electron chi connectivity index (χ4n) is 3.97. The zero-order valence-electron chi connectivity index (χ0n) is 18.7. The van der Waals surface area contributed by atoms with Gasteiger partial charge in [-0.3, -0.25) is 4.79 Å². The van der Waals surface area contributed by atoms with E-state index < -0.39 is 13.7 Å². The average molecular weight is 419 g/mol. The van der Waals surface area contributed by atoms with Crippen molar-refractivity contribution in [3.05, 3.63) is 35.9 Å². The number of carbonyl (C=O) groups excluding carboxylic acids is 1. The minimum absolute atomic E-state index is 0.0310. The van der Waals surface area contributed by atoms with Gasteiger partial charge in [-0.05, 0) is 31.1 Å². The normalized spacial score (nSPS) is 25.8. The Morgan fingerprint density at radius 3 is 2.66 bits per heavy atom. The number of methoxy groups -OCH3 is 1. The molecule has 0 saturated carbocycles. The summed E-state index contributed by atoms with van der Waals surface area (Å²) in [6, 6.07) is 5.86. The summed E-state index contributed by atoms with van der Waals surface area (Å²) in [4.78, 5) is 12.5. The highest BCUT2D eigenvalue weighted by Crippen LogP contribution is 2.53. The number of hydrogen-bond donors (Lipinski definition) is 0. The molecule has 6 heteroatoms. The quantitative estimate of drug-likeness (QED) is 0.370. The number of esters is 1. The summed E-state index contributed by atoms with van der Waals surface area (Å²) in [5.74, 6) is 1.20. The maximum atomic E-state index is 12.5. The van der Waals surface area contributed by atoms with Crippen molar-refractivity contribution in [1.29, 1.82) is 0 Å². The first kappa shape index (κ1) is 21.9. The molecule has 1 aliphatic carbocycles. The van der Waals surface area contributed by atoms with Crippen LogP contribution >= 0.6 is 0 Å². The van der Waals surface area contributed by atoms with Gasteiger partial charge in [0.15, 0.2) is 19.8 Å². The Kier molecular flexibility index (Phi) is 5.89. The second-order valence-electron chi connectivity index (χ2n) is 9.48. The summed E-state index contributed by atoms with van der Waals surface area (Å²) in [6.45, 7) is 13.4. The van der Waals surface area contributed by atoms with Gasteiger partial charge in [0.25, 0.3) is 0 Å². The Labute approximate surface area is 175 Å². The fourth-order valence-corrected chi connectivity index (χ4v) is 5.26. The summed E-state index contributed by atoms with van der Waals surface area (Å²) in [7, 11) is -0.289. The highest BCUT2D eigenvalue weighted by atomic mass is 28.4. The van der Waals surface area contributed by atoms with Crippen molar-refractivity contribution in [2.45, 2.75) is 76.3 Å². The Bertz CT molecular complexity index is 795. The highest BCUT2D eigenvalue weighted by molar-refractivity contribution is 6.74. The van der Waals surface area contributed by atoms with Crippen LogP contribution in [-0.2, 0) is 19.4 Å². The van der Waals surface area contributed by atoms with Crippen LogP contribution in [0, 0.1) is 0 Å². The van der Waals surface area contributed by atoms with Crippen molar-refractivity contribution >= 4 is 14.3 Å². The average Bonchev–Trinajstić information content (AvgIpc) is 2.94. The molecule has 0 unspecified atom stereocenters. The molecule has 0 N–H and O–H groups in total. The molecule has 0 radical (unpaired) electrons. The van der Waals surface area contributed by atoms with E-state index in [1.807, 2.05) is 25.1 Å². The largest absolute Gasteiger partial charge is 0.493 e. The molecular weight excluding hydrogens is 384 g/mol. The van der Waals surface area contributed by atoms with E-state index in [0.717, 1.165) is 11.3 Å². The van der Waals surface area contributed by atoms with Gasteiger partial charge in [-0.2, -0.15) is 0 Å². The van der Waals surface area contributed by atoms with Crippen LogP contribution in [0.2, 0.25) is 18.1 Å². The molecule has 1 heterocycles. The maximum Gasteiger partial charge on any atom is 0.307 e. The molecule has 160 valence electrons. The summed E-state index contributed by atoms with van der Waals surface area (Å²) in [5.41, 5.74) is 0.431. The summed E-state index contributed by atoms with van der Waals surface area (Å²) in [5, 5.41) is 0.128. The standard InChI is InChI=1S/C23H34O5Si/c1-8-26-20(24)15-23-13-12-16(28-29(6,7)22(2,3)4)14-19(23)27-21-17(23)10-9-11-18(21)25-5/h9-13,16,19H,8,14-15H2,1-7H3/t16-,19-,23+/m1/s1. The first-order chi connectivity index (χ1) is 13.5. The zero-order valence-corrected chi connectivity index (χ0v) is 19.7. The number of hydrogen-bond acceptors (Lipinski definition) is 5. The Hall–Kier alpha value is -1.79. The van der Waals surface area contributed by atoms with Gasteiger partial charge in [-0.1, -0.05) is 45.1 Å². The molecule has 3 rings (SSSR count). The maximum absolute atomic E-state index is 12.5. The smallest absolute Gasteiger partial charge is 0.307 e. The Balaban J connectivity index is 1.96. The van der Waals surface area contributed by atoms with E-state index in [2.05, 4.69) is 46.0 Å². The van der Waals surface area contributed by atoms with Crippen LogP contribution in [0.4, 0.5) is 0 Å². The van der Waals surface area contributed by atoms with E-state index >= 15 is 0 Å². The van der Waals surface area contributed by atoms with Crippen molar-refractivity contribution in [2.75, 3.05) is 13.7 Å². The van der Waals surface area contributed by atoms with Crippen LogP contribution in [0.3, 0.4) is 0 Å². The molecule has 0 saturated heterocycles. The van der Waals surface area contributed by atoms with Crippen LogP contribution in [0.15, 0.2) is 30.4 Å². The number of para-hydroxylation sites is 1. The van der Waals surface area contributed by atoms with Gasteiger partial charge in [0.1, 0.15) is 6.10 Å². The molecule has 0 spiro atoms. The lowest BCUT2D eigenvalue weighted by atomic mass is 9.70. The molecule has 0 amide bonds. The summed E-state index contributed by atoms with van der Waals surface area (Å²) < 4.78 is 23.8. The van der Waals surface area contributed by atoms with Crippen molar-refractivity contribution in [3.8, 4) is 11.5 Å². The molecule has 1 aromatic carbocycles. The molecular formula is C23H34O5Si. The van der Waals surface area contributed by atoms with Gasteiger partial charge in [0, 0.05) is 12.0 Å². The Morgan fingerprint density at radius 1 is 1.31 bits per heavy atom. The summed E-state index contributed by atoms with van der Waals surface area (Å²) in [6.07, 6.45) is 4.94. The number of ether oxygens (including phenoxy) is 3. The molecule has 0 fully saturated rings. The minimum Gasteiger partial charge on any atom is -0.493 e. The molecule has 1 aliphatic heterocycles. The highest BCUT2D eigenvalue weighted by Gasteiger charge is 2.53. The molecule has 1 aromatic rings. The second kappa shape index (κ2) is 7.80. The predicted octanol–water partition coefficient (Wildman–Crippen LogP) is 5.00. The molecule has 5 nitrogen and oxygen atoms in total.